The SMILES string of the molecule is CNS(=O)(=O)c1cc(NC(=O)CCNC2CC2)ccc1C. The number of anilines is 1. The maximum atomic E-state index is 11.9. The first kappa shape index (κ1) is 15.9. The third-order valence-corrected chi connectivity index (χ3v) is 4.95. The summed E-state index contributed by atoms with van der Waals surface area (Å²) in [6.45, 7) is 2.36. The van der Waals surface area contributed by atoms with Gasteiger partial charge in [0.05, 0.1) is 4.90 Å². The maximum Gasteiger partial charge on any atom is 0.240 e. The van der Waals surface area contributed by atoms with Crippen LogP contribution in [0.1, 0.15) is 24.8 Å². The lowest BCUT2D eigenvalue weighted by atomic mass is 10.2. The number of hydrogen-bond donors (Lipinski definition) is 3. The highest BCUT2D eigenvalue weighted by Crippen LogP contribution is 2.20. The average Bonchev–Trinajstić information content (AvgIpc) is 3.25. The summed E-state index contributed by atoms with van der Waals surface area (Å²) in [5.41, 5.74) is 1.13. The molecule has 0 heterocycles. The van der Waals surface area contributed by atoms with Crippen molar-refractivity contribution in [2.75, 3.05) is 18.9 Å². The number of sulfonamides is 1. The molecule has 1 aliphatic carbocycles. The zero-order chi connectivity index (χ0) is 15.5. The second-order valence-electron chi connectivity index (χ2n) is 5.21. The van der Waals surface area contributed by atoms with Crippen molar-refractivity contribution >= 4 is 21.6 Å². The quantitative estimate of drug-likeness (QED) is 0.700. The van der Waals surface area contributed by atoms with Crippen LogP contribution >= 0.6 is 0 Å². The Kier molecular flexibility index (Phi) is 4.97. The molecule has 1 aromatic rings. The van der Waals surface area contributed by atoms with Crippen molar-refractivity contribution in [3.8, 4) is 0 Å². The first-order valence-electron chi connectivity index (χ1n) is 7.00. The normalized spacial score (nSPS) is 15.0. The molecular formula is C14H21N3O3S. The molecule has 2 rings (SSSR count). The number of carbonyl (C=O) groups is 1. The van der Waals surface area contributed by atoms with Crippen LogP contribution in [-0.2, 0) is 14.8 Å². The van der Waals surface area contributed by atoms with Gasteiger partial charge in [0, 0.05) is 24.7 Å². The van der Waals surface area contributed by atoms with Gasteiger partial charge in [-0.2, -0.15) is 0 Å². The van der Waals surface area contributed by atoms with E-state index < -0.39 is 10.0 Å². The Hall–Kier alpha value is -1.44. The highest BCUT2D eigenvalue weighted by molar-refractivity contribution is 7.89. The van der Waals surface area contributed by atoms with Crippen molar-refractivity contribution in [2.45, 2.75) is 37.1 Å². The molecule has 1 aliphatic rings. The van der Waals surface area contributed by atoms with Crippen molar-refractivity contribution in [3.05, 3.63) is 23.8 Å². The Morgan fingerprint density at radius 2 is 2.05 bits per heavy atom. The number of aryl methyl sites for hydroxylation is 1. The molecule has 0 atom stereocenters. The zero-order valence-electron chi connectivity index (χ0n) is 12.3. The van der Waals surface area contributed by atoms with E-state index in [0.29, 0.717) is 30.3 Å². The zero-order valence-corrected chi connectivity index (χ0v) is 13.1. The third kappa shape index (κ3) is 4.52. The summed E-state index contributed by atoms with van der Waals surface area (Å²) in [6.07, 6.45) is 2.74. The predicted octanol–water partition coefficient (Wildman–Crippen LogP) is 0.984. The van der Waals surface area contributed by atoms with E-state index >= 15 is 0 Å². The predicted molar refractivity (Wildman–Crippen MR) is 81.7 cm³/mol. The molecule has 3 N–H and O–H groups in total. The van der Waals surface area contributed by atoms with Crippen LogP contribution in [0.15, 0.2) is 23.1 Å². The van der Waals surface area contributed by atoms with Crippen molar-refractivity contribution in [2.24, 2.45) is 0 Å². The lowest BCUT2D eigenvalue weighted by molar-refractivity contribution is -0.116. The molecule has 21 heavy (non-hydrogen) atoms. The van der Waals surface area contributed by atoms with E-state index in [4.69, 9.17) is 0 Å². The van der Waals surface area contributed by atoms with E-state index in [2.05, 4.69) is 15.4 Å². The molecule has 0 saturated heterocycles. The first-order valence-corrected chi connectivity index (χ1v) is 8.48. The summed E-state index contributed by atoms with van der Waals surface area (Å²) >= 11 is 0. The summed E-state index contributed by atoms with van der Waals surface area (Å²) in [5, 5.41) is 5.99. The maximum absolute atomic E-state index is 11.9. The average molecular weight is 311 g/mol. The number of carbonyl (C=O) groups excluding carboxylic acids is 1. The molecule has 116 valence electrons. The molecule has 7 heteroatoms. The molecule has 1 saturated carbocycles. The lowest BCUT2D eigenvalue weighted by Crippen LogP contribution is -2.23. The van der Waals surface area contributed by atoms with Crippen LogP contribution in [0.4, 0.5) is 5.69 Å². The van der Waals surface area contributed by atoms with Gasteiger partial charge in [0.1, 0.15) is 0 Å². The van der Waals surface area contributed by atoms with E-state index in [0.717, 1.165) is 0 Å². The molecule has 0 bridgehead atoms. The Morgan fingerprint density at radius 1 is 1.33 bits per heavy atom. The Balaban J connectivity index is 1.99. The fourth-order valence-corrected chi connectivity index (χ4v) is 2.97. The van der Waals surface area contributed by atoms with Gasteiger partial charge in [-0.15, -0.1) is 0 Å². The number of amides is 1. The summed E-state index contributed by atoms with van der Waals surface area (Å²) in [7, 11) is -2.16. The van der Waals surface area contributed by atoms with E-state index in [9.17, 15) is 13.2 Å². The van der Waals surface area contributed by atoms with Gasteiger partial charge in [-0.1, -0.05) is 6.07 Å². The summed E-state index contributed by atoms with van der Waals surface area (Å²) < 4.78 is 26.0. The van der Waals surface area contributed by atoms with Gasteiger partial charge in [0.2, 0.25) is 15.9 Å². The van der Waals surface area contributed by atoms with Gasteiger partial charge in [-0.25, -0.2) is 13.1 Å². The van der Waals surface area contributed by atoms with Crippen LogP contribution < -0.4 is 15.4 Å². The van der Waals surface area contributed by atoms with Crippen LogP contribution in [0.5, 0.6) is 0 Å². The molecule has 1 aromatic carbocycles. The third-order valence-electron chi connectivity index (χ3n) is 3.39. The largest absolute Gasteiger partial charge is 0.326 e. The molecule has 0 aliphatic heterocycles. The fraction of sp³-hybridized carbons (Fsp3) is 0.500. The molecule has 1 fully saturated rings. The van der Waals surface area contributed by atoms with Crippen molar-refractivity contribution in [1.29, 1.82) is 0 Å². The Labute approximate surface area is 125 Å². The van der Waals surface area contributed by atoms with Crippen LogP contribution in [-0.4, -0.2) is 34.0 Å². The van der Waals surface area contributed by atoms with Crippen LogP contribution in [0.25, 0.3) is 0 Å². The molecule has 0 unspecified atom stereocenters. The number of rotatable bonds is 7. The Bertz CT molecular complexity index is 624. The molecular weight excluding hydrogens is 290 g/mol. The van der Waals surface area contributed by atoms with E-state index in [-0.39, 0.29) is 10.8 Å². The number of nitrogens with one attached hydrogen (secondary N) is 3. The second-order valence-corrected chi connectivity index (χ2v) is 7.07. The molecule has 0 radical (unpaired) electrons. The van der Waals surface area contributed by atoms with Crippen LogP contribution in [0.3, 0.4) is 0 Å². The van der Waals surface area contributed by atoms with Crippen LogP contribution in [0, 0.1) is 6.92 Å². The van der Waals surface area contributed by atoms with Crippen molar-refractivity contribution in [1.82, 2.24) is 10.0 Å². The minimum Gasteiger partial charge on any atom is -0.326 e. The minimum absolute atomic E-state index is 0.125. The van der Waals surface area contributed by atoms with Gasteiger partial charge in [-0.3, -0.25) is 4.79 Å². The van der Waals surface area contributed by atoms with Crippen molar-refractivity contribution in [3.63, 3.8) is 0 Å². The highest BCUT2D eigenvalue weighted by Gasteiger charge is 2.20. The van der Waals surface area contributed by atoms with Gasteiger partial charge >= 0.3 is 0 Å². The number of benzene rings is 1. The monoisotopic (exact) mass is 311 g/mol. The summed E-state index contributed by atoms with van der Waals surface area (Å²) in [5.74, 6) is -0.125. The lowest BCUT2D eigenvalue weighted by Gasteiger charge is -2.10. The van der Waals surface area contributed by atoms with E-state index in [1.165, 1.54) is 26.0 Å². The van der Waals surface area contributed by atoms with Gasteiger partial charge < -0.3 is 10.6 Å². The van der Waals surface area contributed by atoms with Gasteiger partial charge in [0.15, 0.2) is 0 Å². The number of hydrogen-bond acceptors (Lipinski definition) is 4. The molecule has 1 amide bonds. The smallest absolute Gasteiger partial charge is 0.240 e. The fourth-order valence-electron chi connectivity index (χ4n) is 1.98. The van der Waals surface area contributed by atoms with Crippen LogP contribution in [0.2, 0.25) is 0 Å². The first-order chi connectivity index (χ1) is 9.92. The highest BCUT2D eigenvalue weighted by atomic mass is 32.2. The van der Waals surface area contributed by atoms with Gasteiger partial charge in [0.25, 0.3) is 0 Å². The Morgan fingerprint density at radius 3 is 2.67 bits per heavy atom. The molecule has 0 spiro atoms. The summed E-state index contributed by atoms with van der Waals surface area (Å²) in [4.78, 5) is 12.0. The van der Waals surface area contributed by atoms with Gasteiger partial charge in [-0.05, 0) is 44.5 Å². The van der Waals surface area contributed by atoms with Crippen molar-refractivity contribution < 1.29 is 13.2 Å². The standard InChI is InChI=1S/C14H21N3O3S/c1-10-3-4-12(9-13(10)21(19,20)15-2)17-14(18)7-8-16-11-5-6-11/h3-4,9,11,15-16H,5-8H2,1-2H3,(H,17,18). The summed E-state index contributed by atoms with van der Waals surface area (Å²) in [6, 6.07) is 5.44. The van der Waals surface area contributed by atoms with E-state index in [1.54, 1.807) is 19.1 Å². The topological polar surface area (TPSA) is 87.3 Å². The molecule has 0 aromatic heterocycles. The second kappa shape index (κ2) is 6.55. The molecule has 6 nitrogen and oxygen atoms in total. The minimum atomic E-state index is -3.52. The van der Waals surface area contributed by atoms with E-state index in [1.807, 2.05) is 0 Å².